The van der Waals surface area contributed by atoms with Gasteiger partial charge in [-0.25, -0.2) is 4.85 Å². The molecule has 0 aliphatic rings. The van der Waals surface area contributed by atoms with Crippen LogP contribution in [0.25, 0.3) is 4.85 Å². The number of hydrogen-bond donors (Lipinski definition) is 1. The monoisotopic (exact) mass is 148 g/mol. The maximum Gasteiger partial charge on any atom is 0.254 e. The van der Waals surface area contributed by atoms with Crippen LogP contribution in [0.5, 0.6) is 0 Å². The van der Waals surface area contributed by atoms with Crippen LogP contribution in [-0.4, -0.2) is 4.98 Å². The van der Waals surface area contributed by atoms with Crippen molar-refractivity contribution in [2.75, 3.05) is 0 Å². The molecule has 0 radical (unpaired) electrons. The summed E-state index contributed by atoms with van der Waals surface area (Å²) in [5.41, 5.74) is 1.43. The molecular formula is C8H8N2O. The predicted octanol–water partition coefficient (Wildman–Crippen LogP) is 1.54. The van der Waals surface area contributed by atoms with Crippen molar-refractivity contribution in [3.8, 4) is 0 Å². The van der Waals surface area contributed by atoms with E-state index in [1.807, 2.05) is 0 Å². The standard InChI is InChI=1S/C8H8N2O/c1-5-4-6(2)10-8(11)7(5)9-3/h4H,1-2H3,(H,10,11). The molecule has 0 spiro atoms. The molecule has 11 heavy (non-hydrogen) atoms. The summed E-state index contributed by atoms with van der Waals surface area (Å²) in [6.07, 6.45) is 0. The Labute approximate surface area is 64.5 Å². The second-order valence-corrected chi connectivity index (χ2v) is 2.42. The largest absolute Gasteiger partial charge is 0.335 e. The zero-order valence-electron chi connectivity index (χ0n) is 6.43. The highest BCUT2D eigenvalue weighted by atomic mass is 16.1. The smallest absolute Gasteiger partial charge is 0.254 e. The lowest BCUT2D eigenvalue weighted by molar-refractivity contribution is 1.13. The van der Waals surface area contributed by atoms with E-state index in [4.69, 9.17) is 6.57 Å². The molecule has 0 amide bonds. The minimum absolute atomic E-state index is 0.190. The van der Waals surface area contributed by atoms with Crippen molar-refractivity contribution in [3.63, 3.8) is 0 Å². The van der Waals surface area contributed by atoms with Crippen LogP contribution in [0.2, 0.25) is 0 Å². The molecule has 1 rings (SSSR count). The van der Waals surface area contributed by atoms with Crippen LogP contribution in [0.15, 0.2) is 10.9 Å². The number of H-pyrrole nitrogens is 1. The molecule has 0 aromatic carbocycles. The van der Waals surface area contributed by atoms with Gasteiger partial charge in [-0.1, -0.05) is 6.07 Å². The predicted molar refractivity (Wildman–Crippen MR) is 42.8 cm³/mol. The summed E-state index contributed by atoms with van der Waals surface area (Å²) in [7, 11) is 0. The van der Waals surface area contributed by atoms with E-state index in [2.05, 4.69) is 9.83 Å². The number of pyridine rings is 1. The second-order valence-electron chi connectivity index (χ2n) is 2.42. The van der Waals surface area contributed by atoms with Crippen molar-refractivity contribution in [2.45, 2.75) is 13.8 Å². The van der Waals surface area contributed by atoms with Gasteiger partial charge in [0.2, 0.25) is 0 Å². The molecular weight excluding hydrogens is 140 g/mol. The van der Waals surface area contributed by atoms with E-state index in [-0.39, 0.29) is 11.2 Å². The van der Waals surface area contributed by atoms with Gasteiger partial charge in [0.25, 0.3) is 11.2 Å². The molecule has 0 bridgehead atoms. The summed E-state index contributed by atoms with van der Waals surface area (Å²) in [6.45, 7) is 10.3. The van der Waals surface area contributed by atoms with Crippen LogP contribution >= 0.6 is 0 Å². The Balaban J connectivity index is 3.53. The number of rotatable bonds is 0. The molecule has 1 aromatic rings. The van der Waals surface area contributed by atoms with Crippen molar-refractivity contribution >= 4 is 5.69 Å². The summed E-state index contributed by atoms with van der Waals surface area (Å²) in [5.74, 6) is 0. The highest BCUT2D eigenvalue weighted by Gasteiger charge is 2.02. The Morgan fingerprint density at radius 1 is 1.55 bits per heavy atom. The van der Waals surface area contributed by atoms with E-state index in [0.29, 0.717) is 0 Å². The first-order chi connectivity index (χ1) is 5.15. The molecule has 0 saturated carbocycles. The van der Waals surface area contributed by atoms with Gasteiger partial charge in [0.15, 0.2) is 0 Å². The van der Waals surface area contributed by atoms with Gasteiger partial charge in [-0.2, -0.15) is 0 Å². The van der Waals surface area contributed by atoms with Crippen molar-refractivity contribution in [1.82, 2.24) is 4.98 Å². The molecule has 3 heteroatoms. The Hall–Kier alpha value is -1.56. The zero-order chi connectivity index (χ0) is 8.43. The van der Waals surface area contributed by atoms with Gasteiger partial charge in [0, 0.05) is 5.69 Å². The third-order valence-corrected chi connectivity index (χ3v) is 1.44. The summed E-state index contributed by atoms with van der Waals surface area (Å²) >= 11 is 0. The summed E-state index contributed by atoms with van der Waals surface area (Å²) in [5, 5.41) is 0. The highest BCUT2D eigenvalue weighted by molar-refractivity contribution is 5.49. The summed E-state index contributed by atoms with van der Waals surface area (Å²) in [4.78, 5) is 16.7. The van der Waals surface area contributed by atoms with Gasteiger partial charge in [-0.05, 0) is 19.4 Å². The fourth-order valence-corrected chi connectivity index (χ4v) is 0.986. The van der Waals surface area contributed by atoms with Crippen molar-refractivity contribution in [3.05, 3.63) is 39.1 Å². The van der Waals surface area contributed by atoms with Crippen molar-refractivity contribution in [2.24, 2.45) is 0 Å². The first-order valence-corrected chi connectivity index (χ1v) is 3.23. The van der Waals surface area contributed by atoms with Gasteiger partial charge < -0.3 is 4.98 Å². The normalized spacial score (nSPS) is 9.18. The Morgan fingerprint density at radius 3 is 2.64 bits per heavy atom. The lowest BCUT2D eigenvalue weighted by atomic mass is 10.2. The average Bonchev–Trinajstić information content (AvgIpc) is 1.85. The molecule has 56 valence electrons. The summed E-state index contributed by atoms with van der Waals surface area (Å²) < 4.78 is 0. The van der Waals surface area contributed by atoms with Crippen LogP contribution < -0.4 is 5.56 Å². The van der Waals surface area contributed by atoms with Gasteiger partial charge in [-0.3, -0.25) is 4.79 Å². The first-order valence-electron chi connectivity index (χ1n) is 3.23. The molecule has 3 nitrogen and oxygen atoms in total. The zero-order valence-corrected chi connectivity index (χ0v) is 6.43. The molecule has 1 aromatic heterocycles. The third-order valence-electron chi connectivity index (χ3n) is 1.44. The summed E-state index contributed by atoms with van der Waals surface area (Å²) in [6, 6.07) is 1.79. The fraction of sp³-hybridized carbons (Fsp3) is 0.250. The van der Waals surface area contributed by atoms with Gasteiger partial charge in [0.05, 0.1) is 6.57 Å². The van der Waals surface area contributed by atoms with E-state index in [0.717, 1.165) is 11.3 Å². The minimum atomic E-state index is -0.294. The van der Waals surface area contributed by atoms with Gasteiger partial charge in [-0.15, -0.1) is 0 Å². The van der Waals surface area contributed by atoms with Crippen LogP contribution in [0.4, 0.5) is 5.69 Å². The van der Waals surface area contributed by atoms with E-state index < -0.39 is 0 Å². The third kappa shape index (κ3) is 1.30. The molecule has 0 atom stereocenters. The van der Waals surface area contributed by atoms with Crippen LogP contribution in [0, 0.1) is 20.4 Å². The Kier molecular flexibility index (Phi) is 1.77. The lowest BCUT2D eigenvalue weighted by Crippen LogP contribution is -2.06. The van der Waals surface area contributed by atoms with Gasteiger partial charge in [0.1, 0.15) is 0 Å². The number of aromatic nitrogens is 1. The van der Waals surface area contributed by atoms with Crippen LogP contribution in [0.1, 0.15) is 11.3 Å². The SMILES string of the molecule is [C-]#[N+]c1c(C)cc(C)[nH]c1=O. The molecule has 0 aliphatic heterocycles. The molecule has 1 N–H and O–H groups in total. The van der Waals surface area contributed by atoms with E-state index >= 15 is 0 Å². The Morgan fingerprint density at radius 2 is 2.18 bits per heavy atom. The topological polar surface area (TPSA) is 37.2 Å². The second kappa shape index (κ2) is 2.59. The molecule has 1 heterocycles. The number of hydrogen-bond acceptors (Lipinski definition) is 1. The number of nitrogens with one attached hydrogen (secondary N) is 1. The van der Waals surface area contributed by atoms with Crippen LogP contribution in [0.3, 0.4) is 0 Å². The van der Waals surface area contributed by atoms with Crippen LogP contribution in [-0.2, 0) is 0 Å². The van der Waals surface area contributed by atoms with E-state index in [9.17, 15) is 4.79 Å². The lowest BCUT2D eigenvalue weighted by Gasteiger charge is -1.96. The first kappa shape index (κ1) is 7.55. The maximum absolute atomic E-state index is 11.0. The molecule has 0 unspecified atom stereocenters. The minimum Gasteiger partial charge on any atom is -0.335 e. The molecule has 0 saturated heterocycles. The van der Waals surface area contributed by atoms with E-state index in [1.54, 1.807) is 19.9 Å². The van der Waals surface area contributed by atoms with Gasteiger partial charge >= 0.3 is 0 Å². The Bertz CT molecular complexity index is 371. The molecule has 0 fully saturated rings. The quantitative estimate of drug-likeness (QED) is 0.557. The van der Waals surface area contributed by atoms with E-state index in [1.165, 1.54) is 0 Å². The number of aryl methyl sites for hydroxylation is 2. The van der Waals surface area contributed by atoms with Crippen molar-refractivity contribution in [1.29, 1.82) is 0 Å². The van der Waals surface area contributed by atoms with Crippen molar-refractivity contribution < 1.29 is 0 Å². The fourth-order valence-electron chi connectivity index (χ4n) is 0.986. The highest BCUT2D eigenvalue weighted by Crippen LogP contribution is 2.11. The average molecular weight is 148 g/mol. The molecule has 0 aliphatic carbocycles. The number of aromatic amines is 1. The number of nitrogens with zero attached hydrogens (tertiary/aromatic N) is 1. The maximum atomic E-state index is 11.0.